The zero-order valence-corrected chi connectivity index (χ0v) is 15.7. The highest BCUT2D eigenvalue weighted by atomic mass is 19.3. The van der Waals surface area contributed by atoms with E-state index in [1.54, 1.807) is 28.1 Å². The molecule has 0 aromatic heterocycles. The molecule has 0 radical (unpaired) electrons. The Morgan fingerprint density at radius 2 is 1.65 bits per heavy atom. The molecule has 0 aliphatic rings. The number of hydrogen-bond acceptors (Lipinski definition) is 4. The maximum absolute atomic E-state index is 12.5. The van der Waals surface area contributed by atoms with Gasteiger partial charge in [-0.2, -0.15) is 8.78 Å². The van der Waals surface area contributed by atoms with Gasteiger partial charge >= 0.3 is 6.61 Å². The summed E-state index contributed by atoms with van der Waals surface area (Å²) in [5.74, 6) is 1.73. The second-order valence-corrected chi connectivity index (χ2v) is 6.15. The molecule has 6 heteroatoms. The van der Waals surface area contributed by atoms with Crippen molar-refractivity contribution in [1.29, 1.82) is 0 Å². The molecule has 142 valence electrons. The lowest BCUT2D eigenvalue weighted by Crippen LogP contribution is -2.19. The molecule has 0 bridgehead atoms. The summed E-state index contributed by atoms with van der Waals surface area (Å²) in [5.41, 5.74) is 3.40. The molecular formula is C20H25F2NO3. The van der Waals surface area contributed by atoms with E-state index in [0.717, 1.165) is 22.6 Å². The standard InChI is InChI=1S/C20H25F2NO3/c1-12-8-15(9-13(2)19(12)26-20(21)22)11-23-14(3)17-7-6-16(24-4)10-18(17)25-5/h6-10,14,20,23H,11H2,1-5H3. The molecule has 2 rings (SSSR count). The maximum atomic E-state index is 12.5. The van der Waals surface area contributed by atoms with Gasteiger partial charge in [-0.05, 0) is 43.5 Å². The molecule has 2 aromatic rings. The molecule has 2 aromatic carbocycles. The quantitative estimate of drug-likeness (QED) is 0.731. The average Bonchev–Trinajstić information content (AvgIpc) is 2.61. The first-order valence-electron chi connectivity index (χ1n) is 8.36. The van der Waals surface area contributed by atoms with E-state index in [1.165, 1.54) is 0 Å². The third-order valence-corrected chi connectivity index (χ3v) is 4.25. The van der Waals surface area contributed by atoms with Crippen molar-refractivity contribution in [3.8, 4) is 17.2 Å². The number of benzene rings is 2. The Kier molecular flexibility index (Phi) is 6.80. The lowest BCUT2D eigenvalue weighted by molar-refractivity contribution is -0.0507. The highest BCUT2D eigenvalue weighted by Gasteiger charge is 2.14. The van der Waals surface area contributed by atoms with Crippen LogP contribution in [0.25, 0.3) is 0 Å². The van der Waals surface area contributed by atoms with Crippen molar-refractivity contribution >= 4 is 0 Å². The van der Waals surface area contributed by atoms with Crippen LogP contribution in [0.5, 0.6) is 17.2 Å². The van der Waals surface area contributed by atoms with Crippen LogP contribution in [0, 0.1) is 13.8 Å². The zero-order chi connectivity index (χ0) is 19.3. The number of alkyl halides is 2. The van der Waals surface area contributed by atoms with Gasteiger partial charge in [-0.25, -0.2) is 0 Å². The third-order valence-electron chi connectivity index (χ3n) is 4.25. The number of ether oxygens (including phenoxy) is 3. The van der Waals surface area contributed by atoms with Crippen molar-refractivity contribution < 1.29 is 23.0 Å². The number of methoxy groups -OCH3 is 2. The largest absolute Gasteiger partial charge is 0.497 e. The van der Waals surface area contributed by atoms with Crippen LogP contribution in [0.2, 0.25) is 0 Å². The van der Waals surface area contributed by atoms with Crippen LogP contribution in [0.4, 0.5) is 8.78 Å². The highest BCUT2D eigenvalue weighted by Crippen LogP contribution is 2.30. The Labute approximate surface area is 153 Å². The normalized spacial score (nSPS) is 12.2. The summed E-state index contributed by atoms with van der Waals surface area (Å²) in [4.78, 5) is 0. The fourth-order valence-electron chi connectivity index (χ4n) is 2.97. The summed E-state index contributed by atoms with van der Waals surface area (Å²) < 4.78 is 40.2. The van der Waals surface area contributed by atoms with E-state index in [0.29, 0.717) is 17.7 Å². The summed E-state index contributed by atoms with van der Waals surface area (Å²) in [6.45, 7) is 3.35. The van der Waals surface area contributed by atoms with Crippen LogP contribution in [-0.4, -0.2) is 20.8 Å². The number of nitrogens with one attached hydrogen (secondary N) is 1. The predicted molar refractivity (Wildman–Crippen MR) is 97.3 cm³/mol. The minimum Gasteiger partial charge on any atom is -0.497 e. The molecule has 0 heterocycles. The molecule has 4 nitrogen and oxygen atoms in total. The van der Waals surface area contributed by atoms with Crippen LogP contribution >= 0.6 is 0 Å². The van der Waals surface area contributed by atoms with Crippen molar-refractivity contribution in [2.24, 2.45) is 0 Å². The molecule has 0 saturated heterocycles. The van der Waals surface area contributed by atoms with Gasteiger partial charge in [0.25, 0.3) is 0 Å². The van der Waals surface area contributed by atoms with E-state index in [9.17, 15) is 8.78 Å². The first kappa shape index (κ1) is 20.0. The number of rotatable bonds is 8. The van der Waals surface area contributed by atoms with Crippen LogP contribution < -0.4 is 19.5 Å². The van der Waals surface area contributed by atoms with Gasteiger partial charge in [0, 0.05) is 24.2 Å². The average molecular weight is 365 g/mol. The molecule has 26 heavy (non-hydrogen) atoms. The third kappa shape index (κ3) is 4.85. The SMILES string of the molecule is COc1ccc(C(C)NCc2cc(C)c(OC(F)F)c(C)c2)c(OC)c1. The first-order chi connectivity index (χ1) is 12.3. The molecular weight excluding hydrogens is 340 g/mol. The fourth-order valence-corrected chi connectivity index (χ4v) is 2.97. The Balaban J connectivity index is 2.11. The Bertz CT molecular complexity index is 727. The Morgan fingerprint density at radius 3 is 2.19 bits per heavy atom. The van der Waals surface area contributed by atoms with E-state index in [4.69, 9.17) is 9.47 Å². The zero-order valence-electron chi connectivity index (χ0n) is 15.7. The molecule has 0 spiro atoms. The van der Waals surface area contributed by atoms with Gasteiger partial charge in [-0.15, -0.1) is 0 Å². The molecule has 0 aliphatic heterocycles. The van der Waals surface area contributed by atoms with Crippen molar-refractivity contribution in [3.63, 3.8) is 0 Å². The summed E-state index contributed by atoms with van der Waals surface area (Å²) in [5, 5.41) is 3.43. The van der Waals surface area contributed by atoms with Gasteiger partial charge < -0.3 is 19.5 Å². The molecule has 1 unspecified atom stereocenters. The summed E-state index contributed by atoms with van der Waals surface area (Å²) in [6.07, 6.45) is 0. The summed E-state index contributed by atoms with van der Waals surface area (Å²) in [6, 6.07) is 9.45. The van der Waals surface area contributed by atoms with Crippen LogP contribution in [-0.2, 0) is 6.54 Å². The van der Waals surface area contributed by atoms with Crippen LogP contribution in [0.1, 0.15) is 35.2 Å². The summed E-state index contributed by atoms with van der Waals surface area (Å²) in [7, 11) is 3.24. The predicted octanol–water partition coefficient (Wildman–Crippen LogP) is 4.77. The highest BCUT2D eigenvalue weighted by molar-refractivity contribution is 5.44. The number of aryl methyl sites for hydroxylation is 2. The number of halogens is 2. The molecule has 0 saturated carbocycles. The number of hydrogen-bond donors (Lipinski definition) is 1. The molecule has 0 fully saturated rings. The first-order valence-corrected chi connectivity index (χ1v) is 8.36. The second kappa shape index (κ2) is 8.85. The van der Waals surface area contributed by atoms with Crippen molar-refractivity contribution in [3.05, 3.63) is 52.6 Å². The maximum Gasteiger partial charge on any atom is 0.387 e. The Hall–Kier alpha value is -2.34. The van der Waals surface area contributed by atoms with E-state index < -0.39 is 6.61 Å². The molecule has 0 amide bonds. The van der Waals surface area contributed by atoms with E-state index in [2.05, 4.69) is 10.1 Å². The van der Waals surface area contributed by atoms with Gasteiger partial charge in [0.2, 0.25) is 0 Å². The van der Waals surface area contributed by atoms with Crippen molar-refractivity contribution in [2.45, 2.75) is 40.0 Å². The van der Waals surface area contributed by atoms with Gasteiger partial charge in [0.1, 0.15) is 17.2 Å². The lowest BCUT2D eigenvalue weighted by Gasteiger charge is -2.19. The monoisotopic (exact) mass is 365 g/mol. The van der Waals surface area contributed by atoms with Gasteiger partial charge in [-0.3, -0.25) is 0 Å². The topological polar surface area (TPSA) is 39.7 Å². The van der Waals surface area contributed by atoms with E-state index >= 15 is 0 Å². The summed E-state index contributed by atoms with van der Waals surface area (Å²) >= 11 is 0. The Morgan fingerprint density at radius 1 is 1.00 bits per heavy atom. The molecule has 1 atom stereocenters. The molecule has 1 N–H and O–H groups in total. The van der Waals surface area contributed by atoms with Crippen LogP contribution in [0.3, 0.4) is 0 Å². The molecule has 0 aliphatic carbocycles. The fraction of sp³-hybridized carbons (Fsp3) is 0.400. The van der Waals surface area contributed by atoms with E-state index in [1.807, 2.05) is 37.3 Å². The second-order valence-electron chi connectivity index (χ2n) is 6.15. The van der Waals surface area contributed by atoms with Gasteiger partial charge in [-0.1, -0.05) is 18.2 Å². The van der Waals surface area contributed by atoms with Crippen LogP contribution in [0.15, 0.2) is 30.3 Å². The van der Waals surface area contributed by atoms with E-state index in [-0.39, 0.29) is 11.8 Å². The van der Waals surface area contributed by atoms with Crippen molar-refractivity contribution in [2.75, 3.05) is 14.2 Å². The smallest absolute Gasteiger partial charge is 0.387 e. The van der Waals surface area contributed by atoms with Gasteiger partial charge in [0.05, 0.1) is 14.2 Å². The van der Waals surface area contributed by atoms with Crippen molar-refractivity contribution in [1.82, 2.24) is 5.32 Å². The van der Waals surface area contributed by atoms with Gasteiger partial charge in [0.15, 0.2) is 0 Å². The minimum absolute atomic E-state index is 0.0356. The lowest BCUT2D eigenvalue weighted by atomic mass is 10.0. The minimum atomic E-state index is -2.82.